The molecular formula is C18H29N3O2. The normalized spacial score (nSPS) is 15.9. The molecule has 5 heteroatoms. The van der Waals surface area contributed by atoms with Gasteiger partial charge in [0.1, 0.15) is 0 Å². The number of carbonyl (C=O) groups excluding carboxylic acids is 1. The van der Waals surface area contributed by atoms with Crippen molar-refractivity contribution in [3.63, 3.8) is 0 Å². The highest BCUT2D eigenvalue weighted by Crippen LogP contribution is 2.20. The summed E-state index contributed by atoms with van der Waals surface area (Å²) in [5, 5.41) is 2.95. The van der Waals surface area contributed by atoms with Crippen LogP contribution in [0.5, 0.6) is 0 Å². The highest BCUT2D eigenvalue weighted by Gasteiger charge is 2.16. The number of ether oxygens (including phenoxy) is 1. The Hall–Kier alpha value is -1.59. The van der Waals surface area contributed by atoms with Crippen molar-refractivity contribution < 1.29 is 9.53 Å². The molecule has 0 unspecified atom stereocenters. The number of rotatable bonds is 7. The molecule has 2 rings (SSSR count). The van der Waals surface area contributed by atoms with Crippen molar-refractivity contribution in [3.05, 3.63) is 24.3 Å². The van der Waals surface area contributed by atoms with E-state index in [0.29, 0.717) is 12.3 Å². The van der Waals surface area contributed by atoms with Crippen LogP contribution >= 0.6 is 0 Å². The predicted octanol–water partition coefficient (Wildman–Crippen LogP) is 2.44. The van der Waals surface area contributed by atoms with Crippen LogP contribution in [0.1, 0.15) is 20.3 Å². The number of hydrogen-bond acceptors (Lipinski definition) is 4. The zero-order chi connectivity index (χ0) is 16.7. The fourth-order valence-electron chi connectivity index (χ4n) is 2.79. The van der Waals surface area contributed by atoms with Crippen LogP contribution in [0, 0.1) is 5.92 Å². The maximum Gasteiger partial charge on any atom is 0.224 e. The molecule has 0 aromatic heterocycles. The van der Waals surface area contributed by atoms with E-state index in [1.54, 1.807) is 7.11 Å². The summed E-state index contributed by atoms with van der Waals surface area (Å²) in [5.74, 6) is 0.461. The van der Waals surface area contributed by atoms with Gasteiger partial charge in [-0.05, 0) is 30.2 Å². The molecule has 1 aliphatic heterocycles. The third-order valence-corrected chi connectivity index (χ3v) is 4.09. The fraction of sp³-hybridized carbons (Fsp3) is 0.611. The first kappa shape index (κ1) is 17.8. The lowest BCUT2D eigenvalue weighted by Gasteiger charge is -2.36. The summed E-state index contributed by atoms with van der Waals surface area (Å²) in [6, 6.07) is 8.17. The van der Waals surface area contributed by atoms with Crippen molar-refractivity contribution >= 4 is 17.3 Å². The summed E-state index contributed by atoms with van der Waals surface area (Å²) in [4.78, 5) is 16.6. The van der Waals surface area contributed by atoms with Crippen LogP contribution in [0.2, 0.25) is 0 Å². The SMILES string of the molecule is COCCN1CCN(c2ccc(NC(=O)CC(C)C)cc2)CC1. The number of amides is 1. The first-order valence-corrected chi connectivity index (χ1v) is 8.44. The number of nitrogens with one attached hydrogen (secondary N) is 1. The van der Waals surface area contributed by atoms with Crippen molar-refractivity contribution in [1.82, 2.24) is 4.90 Å². The Kier molecular flexibility index (Phi) is 6.86. The summed E-state index contributed by atoms with van der Waals surface area (Å²) in [6.07, 6.45) is 0.561. The second-order valence-electron chi connectivity index (χ2n) is 6.51. The van der Waals surface area contributed by atoms with Gasteiger partial charge in [0.2, 0.25) is 5.91 Å². The number of methoxy groups -OCH3 is 1. The number of anilines is 2. The van der Waals surface area contributed by atoms with Crippen LogP contribution < -0.4 is 10.2 Å². The van der Waals surface area contributed by atoms with Gasteiger partial charge in [-0.25, -0.2) is 0 Å². The summed E-state index contributed by atoms with van der Waals surface area (Å²) >= 11 is 0. The quantitative estimate of drug-likeness (QED) is 0.838. The molecule has 128 valence electrons. The molecule has 0 radical (unpaired) electrons. The van der Waals surface area contributed by atoms with E-state index in [9.17, 15) is 4.79 Å². The lowest BCUT2D eigenvalue weighted by atomic mass is 10.1. The molecule has 1 heterocycles. The summed E-state index contributed by atoms with van der Waals surface area (Å²) < 4.78 is 5.14. The average Bonchev–Trinajstić information content (AvgIpc) is 2.53. The van der Waals surface area contributed by atoms with Gasteiger partial charge < -0.3 is 15.0 Å². The Balaban J connectivity index is 1.82. The minimum absolute atomic E-state index is 0.0829. The van der Waals surface area contributed by atoms with Crippen LogP contribution in [-0.4, -0.2) is 57.2 Å². The second-order valence-corrected chi connectivity index (χ2v) is 6.51. The first-order valence-electron chi connectivity index (χ1n) is 8.44. The molecule has 5 nitrogen and oxygen atoms in total. The van der Waals surface area contributed by atoms with Crippen LogP contribution in [0.4, 0.5) is 11.4 Å². The summed E-state index contributed by atoms with van der Waals surface area (Å²) in [7, 11) is 1.75. The van der Waals surface area contributed by atoms with Crippen LogP contribution in [0.25, 0.3) is 0 Å². The molecule has 1 aliphatic rings. The first-order chi connectivity index (χ1) is 11.1. The van der Waals surface area contributed by atoms with Gasteiger partial charge in [0, 0.05) is 57.6 Å². The van der Waals surface area contributed by atoms with E-state index in [1.165, 1.54) is 5.69 Å². The Bertz CT molecular complexity index is 480. The maximum atomic E-state index is 11.8. The van der Waals surface area contributed by atoms with Gasteiger partial charge in [0.25, 0.3) is 0 Å². The largest absolute Gasteiger partial charge is 0.383 e. The van der Waals surface area contributed by atoms with Crippen LogP contribution in [-0.2, 0) is 9.53 Å². The van der Waals surface area contributed by atoms with Crippen molar-refractivity contribution in [2.75, 3.05) is 56.7 Å². The predicted molar refractivity (Wildman–Crippen MR) is 95.1 cm³/mol. The fourth-order valence-corrected chi connectivity index (χ4v) is 2.79. The number of carbonyl (C=O) groups is 1. The molecule has 0 aliphatic carbocycles. The second kappa shape index (κ2) is 8.89. The summed E-state index contributed by atoms with van der Waals surface area (Å²) in [6.45, 7) is 10.1. The van der Waals surface area contributed by atoms with Gasteiger partial charge in [0.05, 0.1) is 6.61 Å². The Labute approximate surface area is 139 Å². The Morgan fingerprint density at radius 2 is 1.83 bits per heavy atom. The minimum Gasteiger partial charge on any atom is -0.383 e. The molecule has 1 fully saturated rings. The maximum absolute atomic E-state index is 11.8. The average molecular weight is 319 g/mol. The Morgan fingerprint density at radius 3 is 2.39 bits per heavy atom. The van der Waals surface area contributed by atoms with E-state index in [2.05, 4.69) is 41.1 Å². The van der Waals surface area contributed by atoms with E-state index in [0.717, 1.165) is 45.0 Å². The zero-order valence-electron chi connectivity index (χ0n) is 14.5. The number of hydrogen-bond donors (Lipinski definition) is 1. The Morgan fingerprint density at radius 1 is 1.17 bits per heavy atom. The minimum atomic E-state index is 0.0829. The third kappa shape index (κ3) is 5.84. The van der Waals surface area contributed by atoms with Crippen molar-refractivity contribution in [2.24, 2.45) is 5.92 Å². The smallest absolute Gasteiger partial charge is 0.224 e. The van der Waals surface area contributed by atoms with Gasteiger partial charge in [-0.15, -0.1) is 0 Å². The van der Waals surface area contributed by atoms with Crippen LogP contribution in [0.3, 0.4) is 0 Å². The van der Waals surface area contributed by atoms with E-state index in [1.807, 2.05) is 12.1 Å². The van der Waals surface area contributed by atoms with Crippen molar-refractivity contribution in [2.45, 2.75) is 20.3 Å². The standard InChI is InChI=1S/C18H29N3O2/c1-15(2)14-18(22)19-16-4-6-17(7-5-16)21-10-8-20(9-11-21)12-13-23-3/h4-7,15H,8-14H2,1-3H3,(H,19,22). The van der Waals surface area contributed by atoms with Crippen molar-refractivity contribution in [1.29, 1.82) is 0 Å². The van der Waals surface area contributed by atoms with E-state index in [4.69, 9.17) is 4.74 Å². The molecule has 1 saturated heterocycles. The molecule has 1 aromatic carbocycles. The molecule has 0 bridgehead atoms. The number of nitrogens with zero attached hydrogens (tertiary/aromatic N) is 2. The van der Waals surface area contributed by atoms with E-state index in [-0.39, 0.29) is 5.91 Å². The lowest BCUT2D eigenvalue weighted by Crippen LogP contribution is -2.47. The van der Waals surface area contributed by atoms with Gasteiger partial charge in [-0.2, -0.15) is 0 Å². The van der Waals surface area contributed by atoms with E-state index >= 15 is 0 Å². The van der Waals surface area contributed by atoms with Gasteiger partial charge in [0.15, 0.2) is 0 Å². The molecule has 0 spiro atoms. The highest BCUT2D eigenvalue weighted by atomic mass is 16.5. The third-order valence-electron chi connectivity index (χ3n) is 4.09. The van der Waals surface area contributed by atoms with Gasteiger partial charge >= 0.3 is 0 Å². The summed E-state index contributed by atoms with van der Waals surface area (Å²) in [5.41, 5.74) is 2.09. The van der Waals surface area contributed by atoms with Gasteiger partial charge in [-0.3, -0.25) is 9.69 Å². The van der Waals surface area contributed by atoms with Crippen LogP contribution in [0.15, 0.2) is 24.3 Å². The highest BCUT2D eigenvalue weighted by molar-refractivity contribution is 5.90. The monoisotopic (exact) mass is 319 g/mol. The molecule has 0 atom stereocenters. The molecular weight excluding hydrogens is 290 g/mol. The topological polar surface area (TPSA) is 44.8 Å². The number of piperazine rings is 1. The van der Waals surface area contributed by atoms with Crippen molar-refractivity contribution in [3.8, 4) is 0 Å². The molecule has 0 saturated carbocycles. The molecule has 1 N–H and O–H groups in total. The molecule has 1 aromatic rings. The molecule has 1 amide bonds. The number of benzene rings is 1. The van der Waals surface area contributed by atoms with Gasteiger partial charge in [-0.1, -0.05) is 13.8 Å². The van der Waals surface area contributed by atoms with E-state index < -0.39 is 0 Å². The lowest BCUT2D eigenvalue weighted by molar-refractivity contribution is -0.116. The zero-order valence-corrected chi connectivity index (χ0v) is 14.5. The molecule has 23 heavy (non-hydrogen) atoms.